The van der Waals surface area contributed by atoms with Crippen molar-refractivity contribution in [2.24, 2.45) is 0 Å². The first-order valence-electron chi connectivity index (χ1n) is 4.73. The molecule has 0 atom stereocenters. The van der Waals surface area contributed by atoms with E-state index in [1.807, 2.05) is 0 Å². The fourth-order valence-corrected chi connectivity index (χ4v) is 1.01. The molecule has 0 aliphatic carbocycles. The van der Waals surface area contributed by atoms with Gasteiger partial charge in [0.15, 0.2) is 11.6 Å². The van der Waals surface area contributed by atoms with Crippen molar-refractivity contribution in [3.8, 4) is 0 Å². The molecule has 0 aromatic carbocycles. The monoisotopic (exact) mass is 195 g/mol. The third-order valence-corrected chi connectivity index (χ3v) is 2.05. The summed E-state index contributed by atoms with van der Waals surface area (Å²) in [6.07, 6.45) is 3.21. The van der Waals surface area contributed by atoms with Crippen LogP contribution < -0.4 is 11.1 Å². The Kier molecular flexibility index (Phi) is 4.12. The number of likely N-dealkylation sites (N-methyl/N-ethyl adjacent to an activating group) is 1. The van der Waals surface area contributed by atoms with Crippen molar-refractivity contribution >= 4 is 11.6 Å². The van der Waals surface area contributed by atoms with Crippen LogP contribution in [0, 0.1) is 0 Å². The number of rotatable bonds is 5. The van der Waals surface area contributed by atoms with E-state index < -0.39 is 0 Å². The third kappa shape index (κ3) is 3.18. The molecule has 0 aliphatic heterocycles. The minimum atomic E-state index is 0.451. The average Bonchev–Trinajstić information content (AvgIpc) is 2.20. The molecule has 5 heteroatoms. The lowest BCUT2D eigenvalue weighted by atomic mass is 10.5. The summed E-state index contributed by atoms with van der Waals surface area (Å²) in [5.41, 5.74) is 5.62. The van der Waals surface area contributed by atoms with Crippen LogP contribution in [0.4, 0.5) is 11.6 Å². The first-order chi connectivity index (χ1) is 6.74. The molecule has 3 N–H and O–H groups in total. The smallest absolute Gasteiger partial charge is 0.168 e. The Hall–Kier alpha value is -1.36. The van der Waals surface area contributed by atoms with Gasteiger partial charge in [0.25, 0.3) is 0 Å². The molecule has 78 valence electrons. The number of nitrogens with one attached hydrogen (secondary N) is 1. The van der Waals surface area contributed by atoms with Crippen LogP contribution >= 0.6 is 0 Å². The SMILES string of the molecule is CCN(C)CCNc1nccnc1N. The molecular weight excluding hydrogens is 178 g/mol. The second-order valence-corrected chi connectivity index (χ2v) is 3.11. The predicted molar refractivity (Wildman–Crippen MR) is 58.1 cm³/mol. The second kappa shape index (κ2) is 5.39. The lowest BCUT2D eigenvalue weighted by Crippen LogP contribution is -2.25. The van der Waals surface area contributed by atoms with E-state index in [0.717, 1.165) is 19.6 Å². The first-order valence-corrected chi connectivity index (χ1v) is 4.73. The zero-order chi connectivity index (χ0) is 10.4. The van der Waals surface area contributed by atoms with Gasteiger partial charge in [-0.15, -0.1) is 0 Å². The Morgan fingerprint density at radius 2 is 2.14 bits per heavy atom. The Morgan fingerprint density at radius 1 is 1.43 bits per heavy atom. The highest BCUT2D eigenvalue weighted by atomic mass is 15.1. The van der Waals surface area contributed by atoms with Gasteiger partial charge in [-0.05, 0) is 13.6 Å². The molecule has 0 bridgehead atoms. The summed E-state index contributed by atoms with van der Waals surface area (Å²) in [7, 11) is 2.07. The van der Waals surface area contributed by atoms with Crippen LogP contribution in [0.1, 0.15) is 6.92 Å². The second-order valence-electron chi connectivity index (χ2n) is 3.11. The highest BCUT2D eigenvalue weighted by molar-refractivity contribution is 5.54. The molecule has 0 spiro atoms. The largest absolute Gasteiger partial charge is 0.381 e. The third-order valence-electron chi connectivity index (χ3n) is 2.05. The molecule has 0 unspecified atom stereocenters. The van der Waals surface area contributed by atoms with Gasteiger partial charge in [0.05, 0.1) is 0 Å². The van der Waals surface area contributed by atoms with Crippen LogP contribution in [0.5, 0.6) is 0 Å². The van der Waals surface area contributed by atoms with E-state index in [-0.39, 0.29) is 0 Å². The lowest BCUT2D eigenvalue weighted by molar-refractivity contribution is 0.367. The van der Waals surface area contributed by atoms with Gasteiger partial charge >= 0.3 is 0 Å². The number of nitrogen functional groups attached to an aromatic ring is 1. The molecule has 0 saturated heterocycles. The van der Waals surface area contributed by atoms with Crippen LogP contribution in [0.2, 0.25) is 0 Å². The molecule has 5 nitrogen and oxygen atoms in total. The minimum Gasteiger partial charge on any atom is -0.381 e. The molecule has 0 aliphatic rings. The molecule has 14 heavy (non-hydrogen) atoms. The van der Waals surface area contributed by atoms with E-state index in [4.69, 9.17) is 5.73 Å². The summed E-state index contributed by atoms with van der Waals surface area (Å²) in [6.45, 7) is 4.95. The molecule has 1 rings (SSSR count). The highest BCUT2D eigenvalue weighted by Crippen LogP contribution is 2.08. The maximum absolute atomic E-state index is 5.62. The maximum Gasteiger partial charge on any atom is 0.168 e. The van der Waals surface area contributed by atoms with Crippen molar-refractivity contribution < 1.29 is 0 Å². The fourth-order valence-electron chi connectivity index (χ4n) is 1.01. The topological polar surface area (TPSA) is 67.1 Å². The van der Waals surface area contributed by atoms with E-state index in [0.29, 0.717) is 11.6 Å². The zero-order valence-corrected chi connectivity index (χ0v) is 8.70. The summed E-state index contributed by atoms with van der Waals surface area (Å²) in [6, 6.07) is 0. The summed E-state index contributed by atoms with van der Waals surface area (Å²) >= 11 is 0. The number of nitrogens with two attached hydrogens (primary N) is 1. The van der Waals surface area contributed by atoms with Gasteiger partial charge in [0.1, 0.15) is 0 Å². The quantitative estimate of drug-likeness (QED) is 0.713. The Bertz CT molecular complexity index is 276. The molecule has 1 aromatic heterocycles. The fraction of sp³-hybridized carbons (Fsp3) is 0.556. The van der Waals surface area contributed by atoms with E-state index in [1.54, 1.807) is 12.4 Å². The van der Waals surface area contributed by atoms with Crippen molar-refractivity contribution in [3.63, 3.8) is 0 Å². The Balaban J connectivity index is 2.35. The minimum absolute atomic E-state index is 0.451. The van der Waals surface area contributed by atoms with Crippen LogP contribution in [0.25, 0.3) is 0 Å². The summed E-state index contributed by atoms with van der Waals surface area (Å²) in [4.78, 5) is 10.2. The summed E-state index contributed by atoms with van der Waals surface area (Å²) in [5.74, 6) is 1.11. The highest BCUT2D eigenvalue weighted by Gasteiger charge is 1.99. The van der Waals surface area contributed by atoms with Gasteiger partial charge in [0, 0.05) is 25.5 Å². The van der Waals surface area contributed by atoms with Crippen molar-refractivity contribution in [2.45, 2.75) is 6.92 Å². The van der Waals surface area contributed by atoms with E-state index >= 15 is 0 Å². The number of anilines is 2. The lowest BCUT2D eigenvalue weighted by Gasteiger charge is -2.14. The van der Waals surface area contributed by atoms with Crippen LogP contribution in [-0.2, 0) is 0 Å². The maximum atomic E-state index is 5.62. The summed E-state index contributed by atoms with van der Waals surface area (Å²) < 4.78 is 0. The molecule has 1 aromatic rings. The average molecular weight is 195 g/mol. The van der Waals surface area contributed by atoms with Crippen LogP contribution in [-0.4, -0.2) is 41.5 Å². The van der Waals surface area contributed by atoms with Gasteiger partial charge in [0.2, 0.25) is 0 Å². The molecule has 0 radical (unpaired) electrons. The zero-order valence-electron chi connectivity index (χ0n) is 8.70. The van der Waals surface area contributed by atoms with Crippen LogP contribution in [0.15, 0.2) is 12.4 Å². The normalized spacial score (nSPS) is 10.5. The van der Waals surface area contributed by atoms with Crippen molar-refractivity contribution in [1.29, 1.82) is 0 Å². The number of hydrogen-bond acceptors (Lipinski definition) is 5. The van der Waals surface area contributed by atoms with Crippen molar-refractivity contribution in [2.75, 3.05) is 37.7 Å². The number of aromatic nitrogens is 2. The number of nitrogens with zero attached hydrogens (tertiary/aromatic N) is 3. The van der Waals surface area contributed by atoms with E-state index in [2.05, 4.69) is 34.2 Å². The Morgan fingerprint density at radius 3 is 2.79 bits per heavy atom. The van der Waals surface area contributed by atoms with E-state index in [1.165, 1.54) is 0 Å². The molecule has 1 heterocycles. The Labute approximate surface area is 84.3 Å². The summed E-state index contributed by atoms with van der Waals surface area (Å²) in [5, 5.41) is 3.14. The van der Waals surface area contributed by atoms with Gasteiger partial charge in [-0.25, -0.2) is 9.97 Å². The van der Waals surface area contributed by atoms with E-state index in [9.17, 15) is 0 Å². The standard InChI is InChI=1S/C9H17N5/c1-3-14(2)7-6-13-9-8(10)11-4-5-12-9/h4-5H,3,6-7H2,1-2H3,(H2,10,11)(H,12,13). The van der Waals surface area contributed by atoms with Gasteiger partial charge < -0.3 is 16.0 Å². The van der Waals surface area contributed by atoms with Crippen molar-refractivity contribution in [3.05, 3.63) is 12.4 Å². The van der Waals surface area contributed by atoms with Crippen LogP contribution in [0.3, 0.4) is 0 Å². The molecule has 0 amide bonds. The van der Waals surface area contributed by atoms with Crippen molar-refractivity contribution in [1.82, 2.24) is 14.9 Å². The first kappa shape index (κ1) is 10.7. The molecular formula is C9H17N5. The van der Waals surface area contributed by atoms with Gasteiger partial charge in [-0.3, -0.25) is 0 Å². The molecule has 0 saturated carbocycles. The predicted octanol–water partition coefficient (Wildman–Crippen LogP) is 0.422. The van der Waals surface area contributed by atoms with Gasteiger partial charge in [-0.1, -0.05) is 6.92 Å². The number of hydrogen-bond donors (Lipinski definition) is 2. The molecule has 0 fully saturated rings. The van der Waals surface area contributed by atoms with Gasteiger partial charge in [-0.2, -0.15) is 0 Å².